The summed E-state index contributed by atoms with van der Waals surface area (Å²) in [4.78, 5) is 24.5. The minimum atomic E-state index is -0.524. The zero-order chi connectivity index (χ0) is 14.7. The Bertz CT molecular complexity index is 628. The molecule has 3 amide bonds. The van der Waals surface area contributed by atoms with Crippen LogP contribution >= 0.6 is 11.3 Å². The number of rotatable bonds is 4. The number of thiophene rings is 1. The first kappa shape index (κ1) is 13.6. The van der Waals surface area contributed by atoms with Crippen LogP contribution in [0.3, 0.4) is 0 Å². The molecule has 1 fully saturated rings. The predicted molar refractivity (Wildman–Crippen MR) is 81.1 cm³/mol. The molecule has 2 heterocycles. The molecule has 0 bridgehead atoms. The van der Waals surface area contributed by atoms with Crippen LogP contribution in [0.5, 0.6) is 0 Å². The van der Waals surface area contributed by atoms with Gasteiger partial charge < -0.3 is 16.0 Å². The molecular formula is C15H15N3O2S. The van der Waals surface area contributed by atoms with Gasteiger partial charge in [-0.25, -0.2) is 4.79 Å². The molecule has 0 unspecified atom stereocenters. The van der Waals surface area contributed by atoms with Gasteiger partial charge in [-0.2, -0.15) is 0 Å². The maximum Gasteiger partial charge on any atom is 0.315 e. The standard InChI is InChI=1S/C15H15N3O2S/c19-14(11-9-16-15(20)17-11)18-13(12-7-4-8-21-12)10-5-2-1-3-6-10/h1-8,11,13H,9H2,(H,18,19)(H2,16,17,20)/t11-,13-/m1/s1. The maximum absolute atomic E-state index is 12.3. The molecule has 0 radical (unpaired) electrons. The van der Waals surface area contributed by atoms with E-state index in [-0.39, 0.29) is 18.0 Å². The highest BCUT2D eigenvalue weighted by Crippen LogP contribution is 2.26. The van der Waals surface area contributed by atoms with E-state index in [1.165, 1.54) is 0 Å². The Hall–Kier alpha value is -2.34. The number of nitrogens with one attached hydrogen (secondary N) is 3. The smallest absolute Gasteiger partial charge is 0.315 e. The molecule has 0 saturated carbocycles. The number of hydrogen-bond acceptors (Lipinski definition) is 3. The van der Waals surface area contributed by atoms with E-state index in [4.69, 9.17) is 0 Å². The van der Waals surface area contributed by atoms with Crippen LogP contribution in [0.1, 0.15) is 16.5 Å². The van der Waals surface area contributed by atoms with Crippen molar-refractivity contribution in [1.82, 2.24) is 16.0 Å². The van der Waals surface area contributed by atoms with Gasteiger partial charge in [0.1, 0.15) is 6.04 Å². The zero-order valence-corrected chi connectivity index (χ0v) is 12.0. The molecule has 1 saturated heterocycles. The summed E-state index contributed by atoms with van der Waals surface area (Å²) >= 11 is 1.59. The Balaban J connectivity index is 1.80. The monoisotopic (exact) mass is 301 g/mol. The molecule has 6 heteroatoms. The van der Waals surface area contributed by atoms with Crippen molar-refractivity contribution in [2.24, 2.45) is 0 Å². The van der Waals surface area contributed by atoms with E-state index in [9.17, 15) is 9.59 Å². The molecule has 0 spiro atoms. The molecule has 0 aliphatic carbocycles. The second-order valence-electron chi connectivity index (χ2n) is 4.77. The van der Waals surface area contributed by atoms with Gasteiger partial charge in [0.15, 0.2) is 0 Å². The third-order valence-electron chi connectivity index (χ3n) is 3.34. The Morgan fingerprint density at radius 3 is 2.67 bits per heavy atom. The molecule has 1 aliphatic heterocycles. The molecule has 2 aromatic rings. The summed E-state index contributed by atoms with van der Waals surface area (Å²) in [6.45, 7) is 0.316. The van der Waals surface area contributed by atoms with Crippen molar-refractivity contribution in [1.29, 1.82) is 0 Å². The fourth-order valence-electron chi connectivity index (χ4n) is 2.28. The van der Waals surface area contributed by atoms with E-state index in [0.29, 0.717) is 6.54 Å². The SMILES string of the molecule is O=C1NC[C@H](C(=O)N[C@H](c2ccccc2)c2cccs2)N1. The minimum Gasteiger partial charge on any atom is -0.343 e. The average molecular weight is 301 g/mol. The molecule has 21 heavy (non-hydrogen) atoms. The zero-order valence-electron chi connectivity index (χ0n) is 11.2. The van der Waals surface area contributed by atoms with Gasteiger partial charge >= 0.3 is 6.03 Å². The van der Waals surface area contributed by atoms with Gasteiger partial charge in [0.05, 0.1) is 6.04 Å². The first-order chi connectivity index (χ1) is 10.2. The van der Waals surface area contributed by atoms with E-state index in [1.54, 1.807) is 11.3 Å². The Labute approximate surface area is 126 Å². The van der Waals surface area contributed by atoms with Crippen molar-refractivity contribution < 1.29 is 9.59 Å². The lowest BCUT2D eigenvalue weighted by molar-refractivity contribution is -0.122. The molecular weight excluding hydrogens is 286 g/mol. The van der Waals surface area contributed by atoms with Crippen molar-refractivity contribution in [3.05, 3.63) is 58.3 Å². The Morgan fingerprint density at radius 2 is 2.05 bits per heavy atom. The number of hydrogen-bond donors (Lipinski definition) is 3. The summed E-state index contributed by atoms with van der Waals surface area (Å²) in [7, 11) is 0. The summed E-state index contributed by atoms with van der Waals surface area (Å²) in [5.41, 5.74) is 1.02. The van der Waals surface area contributed by atoms with Crippen LogP contribution in [0.25, 0.3) is 0 Å². The highest BCUT2D eigenvalue weighted by molar-refractivity contribution is 7.10. The van der Waals surface area contributed by atoms with Crippen LogP contribution in [-0.4, -0.2) is 24.5 Å². The molecule has 2 atom stereocenters. The van der Waals surface area contributed by atoms with Crippen LogP contribution < -0.4 is 16.0 Å². The highest BCUT2D eigenvalue weighted by atomic mass is 32.1. The quantitative estimate of drug-likeness (QED) is 0.803. The second-order valence-corrected chi connectivity index (χ2v) is 5.75. The fraction of sp³-hybridized carbons (Fsp3) is 0.200. The largest absolute Gasteiger partial charge is 0.343 e. The van der Waals surface area contributed by atoms with Crippen LogP contribution in [-0.2, 0) is 4.79 Å². The molecule has 3 N–H and O–H groups in total. The lowest BCUT2D eigenvalue weighted by atomic mass is 10.0. The summed E-state index contributed by atoms with van der Waals surface area (Å²) in [6.07, 6.45) is 0. The average Bonchev–Trinajstić information content (AvgIpc) is 3.17. The van der Waals surface area contributed by atoms with Crippen LogP contribution in [0.4, 0.5) is 4.79 Å². The summed E-state index contributed by atoms with van der Waals surface area (Å²) in [6, 6.07) is 12.7. The number of urea groups is 1. The van der Waals surface area contributed by atoms with Crippen molar-refractivity contribution >= 4 is 23.3 Å². The van der Waals surface area contributed by atoms with E-state index in [2.05, 4.69) is 16.0 Å². The summed E-state index contributed by atoms with van der Waals surface area (Å²) in [5.74, 6) is -0.185. The van der Waals surface area contributed by atoms with E-state index in [1.807, 2.05) is 47.8 Å². The van der Waals surface area contributed by atoms with Gasteiger partial charge in [0.2, 0.25) is 5.91 Å². The van der Waals surface area contributed by atoms with Gasteiger partial charge in [-0.3, -0.25) is 4.79 Å². The fourth-order valence-corrected chi connectivity index (χ4v) is 3.08. The molecule has 5 nitrogen and oxygen atoms in total. The van der Waals surface area contributed by atoms with Gasteiger partial charge in [0.25, 0.3) is 0 Å². The molecule has 1 aromatic heterocycles. The first-order valence-electron chi connectivity index (χ1n) is 6.67. The third kappa shape index (κ3) is 3.05. The Kier molecular flexibility index (Phi) is 3.87. The highest BCUT2D eigenvalue weighted by Gasteiger charge is 2.29. The number of benzene rings is 1. The van der Waals surface area contributed by atoms with Crippen molar-refractivity contribution in [3.8, 4) is 0 Å². The molecule has 1 aliphatic rings. The summed E-state index contributed by atoms with van der Waals surface area (Å²) < 4.78 is 0. The number of amides is 3. The normalized spacial score (nSPS) is 18.7. The van der Waals surface area contributed by atoms with E-state index >= 15 is 0 Å². The van der Waals surface area contributed by atoms with E-state index < -0.39 is 6.04 Å². The first-order valence-corrected chi connectivity index (χ1v) is 7.55. The topological polar surface area (TPSA) is 70.2 Å². The van der Waals surface area contributed by atoms with Gasteiger partial charge in [-0.1, -0.05) is 36.4 Å². The van der Waals surface area contributed by atoms with E-state index in [0.717, 1.165) is 10.4 Å². The van der Waals surface area contributed by atoms with Crippen LogP contribution in [0.2, 0.25) is 0 Å². The lowest BCUT2D eigenvalue weighted by Crippen LogP contribution is -2.44. The summed E-state index contributed by atoms with van der Waals surface area (Å²) in [5, 5.41) is 10.2. The van der Waals surface area contributed by atoms with Gasteiger partial charge in [0, 0.05) is 11.4 Å². The Morgan fingerprint density at radius 1 is 1.24 bits per heavy atom. The second kappa shape index (κ2) is 5.97. The van der Waals surface area contributed by atoms with Crippen molar-refractivity contribution in [2.75, 3.05) is 6.54 Å². The van der Waals surface area contributed by atoms with Crippen LogP contribution in [0.15, 0.2) is 47.8 Å². The van der Waals surface area contributed by atoms with Crippen molar-refractivity contribution in [2.45, 2.75) is 12.1 Å². The molecule has 1 aromatic carbocycles. The number of carbonyl (C=O) groups is 2. The molecule has 108 valence electrons. The lowest BCUT2D eigenvalue weighted by Gasteiger charge is -2.20. The maximum atomic E-state index is 12.3. The minimum absolute atomic E-state index is 0.185. The van der Waals surface area contributed by atoms with Gasteiger partial charge in [-0.05, 0) is 17.0 Å². The van der Waals surface area contributed by atoms with Crippen LogP contribution in [0, 0.1) is 0 Å². The molecule has 3 rings (SSSR count). The van der Waals surface area contributed by atoms with Crippen molar-refractivity contribution in [3.63, 3.8) is 0 Å². The van der Waals surface area contributed by atoms with Gasteiger partial charge in [-0.15, -0.1) is 11.3 Å². The number of carbonyl (C=O) groups excluding carboxylic acids is 2. The predicted octanol–water partition coefficient (Wildman–Crippen LogP) is 1.64. The third-order valence-corrected chi connectivity index (χ3v) is 4.27.